The van der Waals surface area contributed by atoms with Crippen molar-refractivity contribution in [1.29, 1.82) is 0 Å². The molecule has 78 valence electrons. The Morgan fingerprint density at radius 3 is 1.57 bits per heavy atom. The van der Waals surface area contributed by atoms with Gasteiger partial charge in [0.15, 0.2) is 0 Å². The topological polar surface area (TPSA) is 52.6 Å². The van der Waals surface area contributed by atoms with Gasteiger partial charge in [0.05, 0.1) is 25.7 Å². The van der Waals surface area contributed by atoms with Gasteiger partial charge >= 0.3 is 0 Å². The highest BCUT2D eigenvalue weighted by molar-refractivity contribution is 6.45. The number of hydrogen-bond acceptors (Lipinski definition) is 4. The third kappa shape index (κ3) is 5.99. The molecule has 4 nitrogen and oxygen atoms in total. The van der Waals surface area contributed by atoms with Gasteiger partial charge in [-0.2, -0.15) is 0 Å². The van der Waals surface area contributed by atoms with Crippen LogP contribution in [0.3, 0.4) is 0 Å². The zero-order valence-corrected chi connectivity index (χ0v) is 8.36. The number of ketones is 2. The van der Waals surface area contributed by atoms with Crippen LogP contribution < -0.4 is 0 Å². The van der Waals surface area contributed by atoms with Gasteiger partial charge in [-0.1, -0.05) is 0 Å². The molecule has 0 aliphatic heterocycles. The minimum atomic E-state index is -0.630. The van der Waals surface area contributed by atoms with Crippen LogP contribution in [-0.2, 0) is 19.1 Å². The van der Waals surface area contributed by atoms with Crippen molar-refractivity contribution in [2.75, 3.05) is 13.2 Å². The molecule has 0 amide bonds. The third-order valence-corrected chi connectivity index (χ3v) is 1.21. The van der Waals surface area contributed by atoms with Crippen LogP contribution in [0.1, 0.15) is 13.8 Å². The third-order valence-electron chi connectivity index (χ3n) is 1.21. The number of allylic oxidation sites excluding steroid dienone is 2. The summed E-state index contributed by atoms with van der Waals surface area (Å²) in [5.41, 5.74) is 0. The molecule has 0 saturated heterocycles. The maximum Gasteiger partial charge on any atom is 0.228 e. The van der Waals surface area contributed by atoms with E-state index in [1.165, 1.54) is 12.5 Å². The fraction of sp³-hybridized carbons (Fsp3) is 0.400. The van der Waals surface area contributed by atoms with E-state index in [9.17, 15) is 9.59 Å². The SMILES string of the molecule is CCOC=CC(=O)C(=O)C=COCC. The van der Waals surface area contributed by atoms with Gasteiger partial charge in [-0.05, 0) is 13.8 Å². The lowest BCUT2D eigenvalue weighted by atomic mass is 10.2. The number of hydrogen-bond donors (Lipinski definition) is 0. The van der Waals surface area contributed by atoms with Crippen LogP contribution in [0.2, 0.25) is 0 Å². The largest absolute Gasteiger partial charge is 0.501 e. The van der Waals surface area contributed by atoms with Crippen LogP contribution in [0, 0.1) is 0 Å². The summed E-state index contributed by atoms with van der Waals surface area (Å²) in [7, 11) is 0. The summed E-state index contributed by atoms with van der Waals surface area (Å²) in [5.74, 6) is -1.26. The minimum absolute atomic E-state index is 0.465. The number of carbonyl (C=O) groups excluding carboxylic acids is 2. The second-order valence-corrected chi connectivity index (χ2v) is 2.24. The van der Waals surface area contributed by atoms with Crippen LogP contribution in [-0.4, -0.2) is 24.8 Å². The van der Waals surface area contributed by atoms with E-state index in [0.717, 1.165) is 12.2 Å². The lowest BCUT2D eigenvalue weighted by Crippen LogP contribution is -2.07. The molecule has 0 aliphatic rings. The summed E-state index contributed by atoms with van der Waals surface area (Å²) in [6.45, 7) is 4.50. The van der Waals surface area contributed by atoms with E-state index in [1.807, 2.05) is 0 Å². The second kappa shape index (κ2) is 8.04. The summed E-state index contributed by atoms with van der Waals surface area (Å²) in [4.78, 5) is 22.0. The molecule has 0 aromatic heterocycles. The first-order chi connectivity index (χ1) is 6.72. The van der Waals surface area contributed by atoms with Gasteiger partial charge in [-0.3, -0.25) is 9.59 Å². The number of rotatable bonds is 7. The van der Waals surface area contributed by atoms with E-state index < -0.39 is 11.6 Å². The highest BCUT2D eigenvalue weighted by Gasteiger charge is 2.05. The lowest BCUT2D eigenvalue weighted by molar-refractivity contribution is -0.131. The van der Waals surface area contributed by atoms with Crippen molar-refractivity contribution in [2.24, 2.45) is 0 Å². The maximum atomic E-state index is 11.0. The fourth-order valence-corrected chi connectivity index (χ4v) is 0.577. The molecule has 0 unspecified atom stereocenters. The molecular formula is C10H14O4. The molecule has 0 bridgehead atoms. The van der Waals surface area contributed by atoms with Gasteiger partial charge in [0.2, 0.25) is 11.6 Å². The second-order valence-electron chi connectivity index (χ2n) is 2.24. The van der Waals surface area contributed by atoms with Crippen molar-refractivity contribution in [3.05, 3.63) is 24.7 Å². The van der Waals surface area contributed by atoms with E-state index in [1.54, 1.807) is 13.8 Å². The predicted octanol–water partition coefficient (Wildman–Crippen LogP) is 1.22. The molecular weight excluding hydrogens is 184 g/mol. The highest BCUT2D eigenvalue weighted by atomic mass is 16.5. The van der Waals surface area contributed by atoms with Crippen LogP contribution in [0.15, 0.2) is 24.7 Å². The summed E-state index contributed by atoms with van der Waals surface area (Å²) >= 11 is 0. The summed E-state index contributed by atoms with van der Waals surface area (Å²) in [5, 5.41) is 0. The average molecular weight is 198 g/mol. The molecule has 4 heteroatoms. The Hall–Kier alpha value is -1.58. The fourth-order valence-electron chi connectivity index (χ4n) is 0.577. The maximum absolute atomic E-state index is 11.0. The normalized spacial score (nSPS) is 10.7. The molecule has 0 aromatic carbocycles. The molecule has 0 rings (SSSR count). The van der Waals surface area contributed by atoms with Crippen LogP contribution in [0.4, 0.5) is 0 Å². The molecule has 14 heavy (non-hydrogen) atoms. The molecule has 0 saturated carbocycles. The average Bonchev–Trinajstić information content (AvgIpc) is 2.18. The standard InChI is InChI=1S/C10H14O4/c1-3-13-7-5-9(11)10(12)6-8-14-4-2/h5-8H,3-4H2,1-2H3. The van der Waals surface area contributed by atoms with Gasteiger partial charge < -0.3 is 9.47 Å². The molecule has 0 N–H and O–H groups in total. The van der Waals surface area contributed by atoms with E-state index in [0.29, 0.717) is 13.2 Å². The Morgan fingerprint density at radius 1 is 0.929 bits per heavy atom. The first-order valence-corrected chi connectivity index (χ1v) is 4.37. The van der Waals surface area contributed by atoms with Crippen LogP contribution >= 0.6 is 0 Å². The molecule has 0 heterocycles. The smallest absolute Gasteiger partial charge is 0.228 e. The first kappa shape index (κ1) is 12.4. The molecule has 0 aliphatic carbocycles. The van der Waals surface area contributed by atoms with E-state index in [-0.39, 0.29) is 0 Å². The highest BCUT2D eigenvalue weighted by Crippen LogP contribution is 1.86. The number of carbonyl (C=O) groups is 2. The zero-order chi connectivity index (χ0) is 10.8. The van der Waals surface area contributed by atoms with Gasteiger partial charge in [0.1, 0.15) is 0 Å². The quantitative estimate of drug-likeness (QED) is 0.350. The predicted molar refractivity (Wildman–Crippen MR) is 51.5 cm³/mol. The Balaban J connectivity index is 3.93. The van der Waals surface area contributed by atoms with Crippen LogP contribution in [0.25, 0.3) is 0 Å². The Morgan fingerprint density at radius 2 is 1.29 bits per heavy atom. The van der Waals surface area contributed by atoms with Crippen molar-refractivity contribution >= 4 is 11.6 Å². The summed E-state index contributed by atoms with van der Waals surface area (Å²) in [6.07, 6.45) is 4.58. The molecule has 0 fully saturated rings. The molecule has 0 spiro atoms. The van der Waals surface area contributed by atoms with Crippen LogP contribution in [0.5, 0.6) is 0 Å². The monoisotopic (exact) mass is 198 g/mol. The Labute approximate surface area is 83.2 Å². The Kier molecular flexibility index (Phi) is 7.13. The van der Waals surface area contributed by atoms with Gasteiger partial charge in [-0.25, -0.2) is 0 Å². The van der Waals surface area contributed by atoms with E-state index in [4.69, 9.17) is 9.47 Å². The number of ether oxygens (including phenoxy) is 2. The van der Waals surface area contributed by atoms with E-state index in [2.05, 4.69) is 0 Å². The van der Waals surface area contributed by atoms with Gasteiger partial charge in [0.25, 0.3) is 0 Å². The van der Waals surface area contributed by atoms with E-state index >= 15 is 0 Å². The van der Waals surface area contributed by atoms with Crippen molar-refractivity contribution < 1.29 is 19.1 Å². The summed E-state index contributed by atoms with van der Waals surface area (Å²) in [6, 6.07) is 0. The van der Waals surface area contributed by atoms with Gasteiger partial charge in [0, 0.05) is 12.2 Å². The van der Waals surface area contributed by atoms with Crippen molar-refractivity contribution in [3.63, 3.8) is 0 Å². The molecule has 0 radical (unpaired) electrons. The molecule has 0 atom stereocenters. The van der Waals surface area contributed by atoms with Gasteiger partial charge in [-0.15, -0.1) is 0 Å². The first-order valence-electron chi connectivity index (χ1n) is 4.37. The Bertz CT molecular complexity index is 215. The zero-order valence-electron chi connectivity index (χ0n) is 8.36. The summed E-state index contributed by atoms with van der Waals surface area (Å²) < 4.78 is 9.54. The van der Waals surface area contributed by atoms with Crippen molar-refractivity contribution in [1.82, 2.24) is 0 Å². The molecule has 0 aromatic rings. The lowest BCUT2D eigenvalue weighted by Gasteiger charge is -1.92. The van der Waals surface area contributed by atoms with Crippen molar-refractivity contribution in [3.8, 4) is 0 Å². The minimum Gasteiger partial charge on any atom is -0.501 e. The van der Waals surface area contributed by atoms with Crippen molar-refractivity contribution in [2.45, 2.75) is 13.8 Å².